The van der Waals surface area contributed by atoms with Crippen LogP contribution >= 0.6 is 11.6 Å². The number of fused-ring (bicyclic) bond motifs is 1. The first-order valence-corrected chi connectivity index (χ1v) is 10.9. The molecule has 2 aromatic carbocycles. The SMILES string of the molecule is Cn1c(CCNC(=O)C2CCCO2)nc2cc(NC(=O)COc3ccccc3Cl)ccc21. The Kier molecular flexibility index (Phi) is 6.92. The highest BCUT2D eigenvalue weighted by Gasteiger charge is 2.23. The Balaban J connectivity index is 1.33. The lowest BCUT2D eigenvalue weighted by atomic mass is 10.2. The number of nitrogens with one attached hydrogen (secondary N) is 2. The lowest BCUT2D eigenvalue weighted by molar-refractivity contribution is -0.130. The number of benzene rings is 2. The van der Waals surface area contributed by atoms with Crippen molar-refractivity contribution in [3.05, 3.63) is 53.3 Å². The van der Waals surface area contributed by atoms with Gasteiger partial charge in [-0.25, -0.2) is 4.98 Å². The van der Waals surface area contributed by atoms with Crippen molar-refractivity contribution in [3.8, 4) is 5.75 Å². The number of imidazole rings is 1. The molecule has 0 radical (unpaired) electrons. The summed E-state index contributed by atoms with van der Waals surface area (Å²) in [5.74, 6) is 0.946. The number of rotatable bonds is 8. The first kappa shape index (κ1) is 22.1. The van der Waals surface area contributed by atoms with Gasteiger partial charge in [-0.3, -0.25) is 9.59 Å². The van der Waals surface area contributed by atoms with Crippen LogP contribution in [0.3, 0.4) is 0 Å². The molecule has 32 heavy (non-hydrogen) atoms. The smallest absolute Gasteiger partial charge is 0.262 e. The summed E-state index contributed by atoms with van der Waals surface area (Å²) in [7, 11) is 1.93. The van der Waals surface area contributed by atoms with E-state index in [4.69, 9.17) is 21.1 Å². The van der Waals surface area contributed by atoms with Gasteiger partial charge in [0.15, 0.2) is 6.61 Å². The molecule has 8 nitrogen and oxygen atoms in total. The number of para-hydroxylation sites is 1. The van der Waals surface area contributed by atoms with Crippen LogP contribution < -0.4 is 15.4 Å². The van der Waals surface area contributed by atoms with Gasteiger partial charge in [0, 0.05) is 32.3 Å². The third-order valence-electron chi connectivity index (χ3n) is 5.32. The van der Waals surface area contributed by atoms with Crippen molar-refractivity contribution in [2.45, 2.75) is 25.4 Å². The van der Waals surface area contributed by atoms with E-state index in [1.54, 1.807) is 24.3 Å². The minimum atomic E-state index is -0.330. The lowest BCUT2D eigenvalue weighted by Crippen LogP contribution is -2.35. The average molecular weight is 457 g/mol. The number of aryl methyl sites for hydroxylation is 1. The van der Waals surface area contributed by atoms with Gasteiger partial charge in [-0.1, -0.05) is 23.7 Å². The van der Waals surface area contributed by atoms with Crippen LogP contribution in [0.1, 0.15) is 18.7 Å². The van der Waals surface area contributed by atoms with E-state index in [0.29, 0.717) is 36.0 Å². The molecule has 0 bridgehead atoms. The monoisotopic (exact) mass is 456 g/mol. The Hall–Kier alpha value is -3.10. The van der Waals surface area contributed by atoms with Crippen molar-refractivity contribution in [2.24, 2.45) is 7.05 Å². The average Bonchev–Trinajstić information content (AvgIpc) is 3.42. The highest BCUT2D eigenvalue weighted by molar-refractivity contribution is 6.32. The van der Waals surface area contributed by atoms with Gasteiger partial charge >= 0.3 is 0 Å². The second-order valence-corrected chi connectivity index (χ2v) is 8.01. The fourth-order valence-electron chi connectivity index (χ4n) is 3.65. The summed E-state index contributed by atoms with van der Waals surface area (Å²) in [6.45, 7) is 0.978. The van der Waals surface area contributed by atoms with Gasteiger partial charge < -0.3 is 24.7 Å². The molecule has 4 rings (SSSR count). The second-order valence-electron chi connectivity index (χ2n) is 7.60. The molecule has 1 unspecified atom stereocenters. The topological polar surface area (TPSA) is 94.5 Å². The van der Waals surface area contributed by atoms with Crippen LogP contribution in [-0.2, 0) is 27.8 Å². The zero-order valence-electron chi connectivity index (χ0n) is 17.8. The van der Waals surface area contributed by atoms with E-state index in [1.807, 2.05) is 29.8 Å². The van der Waals surface area contributed by atoms with E-state index in [9.17, 15) is 9.59 Å². The highest BCUT2D eigenvalue weighted by Crippen LogP contribution is 2.23. The van der Waals surface area contributed by atoms with Crippen molar-refractivity contribution in [1.82, 2.24) is 14.9 Å². The highest BCUT2D eigenvalue weighted by atomic mass is 35.5. The Bertz CT molecular complexity index is 1120. The van der Waals surface area contributed by atoms with Gasteiger partial charge in [0.2, 0.25) is 5.91 Å². The molecule has 2 heterocycles. The number of carbonyl (C=O) groups is 2. The zero-order valence-corrected chi connectivity index (χ0v) is 18.5. The zero-order chi connectivity index (χ0) is 22.5. The molecule has 1 aliphatic rings. The van der Waals surface area contributed by atoms with Gasteiger partial charge in [0.05, 0.1) is 16.1 Å². The summed E-state index contributed by atoms with van der Waals surface area (Å²) in [6.07, 6.45) is 1.96. The Labute approximate surface area is 190 Å². The molecule has 2 N–H and O–H groups in total. The molecule has 9 heteroatoms. The molecule has 168 valence electrons. The molecular weight excluding hydrogens is 432 g/mol. The number of ether oxygens (including phenoxy) is 2. The molecule has 1 fully saturated rings. The van der Waals surface area contributed by atoms with Crippen LogP contribution in [0.25, 0.3) is 11.0 Å². The van der Waals surface area contributed by atoms with Gasteiger partial charge in [-0.15, -0.1) is 0 Å². The van der Waals surface area contributed by atoms with Gasteiger partial charge in [0.25, 0.3) is 5.91 Å². The number of aromatic nitrogens is 2. The van der Waals surface area contributed by atoms with Crippen molar-refractivity contribution in [3.63, 3.8) is 0 Å². The first-order valence-electron chi connectivity index (χ1n) is 10.5. The predicted octanol–water partition coefficient (Wildman–Crippen LogP) is 3.08. The second kappa shape index (κ2) is 10.0. The van der Waals surface area contributed by atoms with E-state index in [-0.39, 0.29) is 24.5 Å². The molecule has 0 spiro atoms. The fraction of sp³-hybridized carbons (Fsp3) is 0.348. The van der Waals surface area contributed by atoms with Crippen LogP contribution in [0, 0.1) is 0 Å². The minimum Gasteiger partial charge on any atom is -0.482 e. The van der Waals surface area contributed by atoms with Crippen molar-refractivity contribution in [2.75, 3.05) is 25.1 Å². The van der Waals surface area contributed by atoms with Gasteiger partial charge in [-0.2, -0.15) is 0 Å². The fourth-order valence-corrected chi connectivity index (χ4v) is 3.84. The molecule has 0 aliphatic carbocycles. The standard InChI is InChI=1S/C23H25ClN4O4/c1-28-18-9-8-15(26-22(29)14-32-19-6-3-2-5-16(19)24)13-17(18)27-21(28)10-11-25-23(30)20-7-4-12-31-20/h2-3,5-6,8-9,13,20H,4,7,10-12,14H2,1H3,(H,25,30)(H,26,29). The molecule has 0 saturated carbocycles. The van der Waals surface area contributed by atoms with E-state index in [0.717, 1.165) is 29.7 Å². The molecule has 1 aromatic heterocycles. The molecule has 1 atom stereocenters. The molecule has 1 aliphatic heterocycles. The Morgan fingerprint density at radius 3 is 2.91 bits per heavy atom. The van der Waals surface area contributed by atoms with Crippen LogP contribution in [0.4, 0.5) is 5.69 Å². The minimum absolute atomic E-state index is 0.0646. The number of hydrogen-bond donors (Lipinski definition) is 2. The number of halogens is 1. The maximum atomic E-state index is 12.3. The number of hydrogen-bond acceptors (Lipinski definition) is 5. The first-order chi connectivity index (χ1) is 15.5. The number of amides is 2. The summed E-state index contributed by atoms with van der Waals surface area (Å²) >= 11 is 6.04. The summed E-state index contributed by atoms with van der Waals surface area (Å²) in [6, 6.07) is 12.5. The molecule has 3 aromatic rings. The van der Waals surface area contributed by atoms with Gasteiger partial charge in [0.1, 0.15) is 17.7 Å². The number of carbonyl (C=O) groups excluding carboxylic acids is 2. The quantitative estimate of drug-likeness (QED) is 0.543. The summed E-state index contributed by atoms with van der Waals surface area (Å²) in [5.41, 5.74) is 2.33. The van der Waals surface area contributed by atoms with Gasteiger partial charge in [-0.05, 0) is 43.2 Å². The Morgan fingerprint density at radius 1 is 1.28 bits per heavy atom. The summed E-state index contributed by atoms with van der Waals surface area (Å²) in [5, 5.41) is 6.18. The van der Waals surface area contributed by atoms with E-state index in [2.05, 4.69) is 15.6 Å². The predicted molar refractivity (Wildman–Crippen MR) is 122 cm³/mol. The van der Waals surface area contributed by atoms with Crippen molar-refractivity contribution >= 4 is 40.1 Å². The Morgan fingerprint density at radius 2 is 2.12 bits per heavy atom. The maximum absolute atomic E-state index is 12.3. The van der Waals surface area contributed by atoms with Crippen molar-refractivity contribution in [1.29, 1.82) is 0 Å². The lowest BCUT2D eigenvalue weighted by Gasteiger charge is -2.10. The van der Waals surface area contributed by atoms with E-state index in [1.165, 1.54) is 0 Å². The molecule has 2 amide bonds. The third-order valence-corrected chi connectivity index (χ3v) is 5.63. The number of anilines is 1. The van der Waals surface area contributed by atoms with Crippen LogP contribution in [-0.4, -0.2) is 47.2 Å². The number of nitrogens with zero attached hydrogens (tertiary/aromatic N) is 2. The van der Waals surface area contributed by atoms with Crippen LogP contribution in [0.2, 0.25) is 5.02 Å². The van der Waals surface area contributed by atoms with Crippen molar-refractivity contribution < 1.29 is 19.1 Å². The third kappa shape index (κ3) is 5.20. The van der Waals surface area contributed by atoms with E-state index >= 15 is 0 Å². The van der Waals surface area contributed by atoms with Crippen LogP contribution in [0.15, 0.2) is 42.5 Å². The maximum Gasteiger partial charge on any atom is 0.262 e. The summed E-state index contributed by atoms with van der Waals surface area (Å²) in [4.78, 5) is 29.0. The molecule has 1 saturated heterocycles. The van der Waals surface area contributed by atoms with E-state index < -0.39 is 0 Å². The van der Waals surface area contributed by atoms with Crippen LogP contribution in [0.5, 0.6) is 5.75 Å². The molecular formula is C23H25ClN4O4. The largest absolute Gasteiger partial charge is 0.482 e. The normalized spacial score (nSPS) is 15.6. The summed E-state index contributed by atoms with van der Waals surface area (Å²) < 4.78 is 12.9.